The van der Waals surface area contributed by atoms with E-state index in [-0.39, 0.29) is 18.1 Å². The average Bonchev–Trinajstić information content (AvgIpc) is 3.17. The first-order valence-electron chi connectivity index (χ1n) is 6.26. The van der Waals surface area contributed by atoms with Gasteiger partial charge in [-0.25, -0.2) is 0 Å². The van der Waals surface area contributed by atoms with Crippen molar-refractivity contribution in [2.45, 2.75) is 6.42 Å². The van der Waals surface area contributed by atoms with Gasteiger partial charge in [0.1, 0.15) is 5.69 Å². The predicted octanol–water partition coefficient (Wildman–Crippen LogP) is 1.22. The SMILES string of the molecule is O=C(O)C1CCN(C(=O)c2cc(-c3ccco3)[nH]n2)C1. The van der Waals surface area contributed by atoms with Crippen molar-refractivity contribution in [1.29, 1.82) is 0 Å². The fraction of sp³-hybridized carbons (Fsp3) is 0.308. The molecule has 20 heavy (non-hydrogen) atoms. The van der Waals surface area contributed by atoms with Crippen LogP contribution in [0, 0.1) is 5.92 Å². The van der Waals surface area contributed by atoms with Gasteiger partial charge in [0.25, 0.3) is 5.91 Å². The monoisotopic (exact) mass is 275 g/mol. The molecule has 1 amide bonds. The van der Waals surface area contributed by atoms with Gasteiger partial charge in [0.05, 0.1) is 12.2 Å². The fourth-order valence-corrected chi connectivity index (χ4v) is 2.30. The number of carboxylic acids is 1. The molecule has 7 heteroatoms. The molecule has 0 bridgehead atoms. The molecule has 1 atom stereocenters. The molecule has 1 aliphatic heterocycles. The quantitative estimate of drug-likeness (QED) is 0.877. The normalized spacial score (nSPS) is 18.4. The van der Waals surface area contributed by atoms with Crippen molar-refractivity contribution >= 4 is 11.9 Å². The topological polar surface area (TPSA) is 99.4 Å². The number of carbonyl (C=O) groups is 2. The molecule has 0 saturated carbocycles. The number of rotatable bonds is 3. The second-order valence-electron chi connectivity index (χ2n) is 4.72. The van der Waals surface area contributed by atoms with Crippen LogP contribution in [0.5, 0.6) is 0 Å². The number of carbonyl (C=O) groups excluding carboxylic acids is 1. The average molecular weight is 275 g/mol. The van der Waals surface area contributed by atoms with Crippen molar-refractivity contribution in [2.75, 3.05) is 13.1 Å². The van der Waals surface area contributed by atoms with Crippen LogP contribution in [-0.4, -0.2) is 45.2 Å². The van der Waals surface area contributed by atoms with E-state index in [9.17, 15) is 9.59 Å². The van der Waals surface area contributed by atoms with Crippen LogP contribution in [0.4, 0.5) is 0 Å². The molecule has 0 aromatic carbocycles. The first-order valence-corrected chi connectivity index (χ1v) is 6.26. The molecule has 1 unspecified atom stereocenters. The van der Waals surface area contributed by atoms with E-state index in [1.54, 1.807) is 18.2 Å². The van der Waals surface area contributed by atoms with Crippen molar-refractivity contribution in [2.24, 2.45) is 5.92 Å². The summed E-state index contributed by atoms with van der Waals surface area (Å²) in [6.45, 7) is 0.676. The van der Waals surface area contributed by atoms with Crippen molar-refractivity contribution < 1.29 is 19.1 Å². The lowest BCUT2D eigenvalue weighted by Crippen LogP contribution is -2.30. The van der Waals surface area contributed by atoms with E-state index in [2.05, 4.69) is 10.2 Å². The molecule has 1 saturated heterocycles. The molecule has 0 spiro atoms. The van der Waals surface area contributed by atoms with E-state index < -0.39 is 11.9 Å². The molecule has 7 nitrogen and oxygen atoms in total. The Balaban J connectivity index is 1.74. The third-order valence-electron chi connectivity index (χ3n) is 3.41. The maximum absolute atomic E-state index is 12.2. The highest BCUT2D eigenvalue weighted by molar-refractivity contribution is 5.93. The summed E-state index contributed by atoms with van der Waals surface area (Å²) in [5.74, 6) is -1.01. The van der Waals surface area contributed by atoms with Gasteiger partial charge in [-0.05, 0) is 18.6 Å². The Hall–Kier alpha value is -2.57. The zero-order valence-corrected chi connectivity index (χ0v) is 10.6. The number of likely N-dealkylation sites (tertiary alicyclic amines) is 1. The lowest BCUT2D eigenvalue weighted by atomic mass is 10.1. The molecular formula is C13H13N3O4. The van der Waals surface area contributed by atoms with E-state index in [4.69, 9.17) is 9.52 Å². The van der Waals surface area contributed by atoms with E-state index >= 15 is 0 Å². The summed E-state index contributed by atoms with van der Waals surface area (Å²) in [5.41, 5.74) is 0.884. The molecule has 104 valence electrons. The van der Waals surface area contributed by atoms with Crippen LogP contribution in [0.25, 0.3) is 11.5 Å². The summed E-state index contributed by atoms with van der Waals surface area (Å²) in [7, 11) is 0. The van der Waals surface area contributed by atoms with Gasteiger partial charge in [0, 0.05) is 19.2 Å². The van der Waals surface area contributed by atoms with Crippen LogP contribution in [0.15, 0.2) is 28.9 Å². The van der Waals surface area contributed by atoms with Gasteiger partial charge < -0.3 is 14.4 Å². The number of aromatic amines is 1. The van der Waals surface area contributed by atoms with Crippen LogP contribution in [0.3, 0.4) is 0 Å². The zero-order chi connectivity index (χ0) is 14.1. The standard InChI is InChI=1S/C13H13N3O4/c17-12(16-4-3-8(7-16)13(18)19)10-6-9(14-15-10)11-2-1-5-20-11/h1-2,5-6,8H,3-4,7H2,(H,14,15)(H,18,19). The van der Waals surface area contributed by atoms with Crippen LogP contribution in [-0.2, 0) is 4.79 Å². The molecule has 2 aromatic heterocycles. The minimum Gasteiger partial charge on any atom is -0.481 e. The van der Waals surface area contributed by atoms with Gasteiger partial charge in [-0.1, -0.05) is 0 Å². The number of H-pyrrole nitrogens is 1. The molecule has 3 rings (SSSR count). The highest BCUT2D eigenvalue weighted by Gasteiger charge is 2.32. The number of carboxylic acid groups (broad SMARTS) is 1. The summed E-state index contributed by atoms with van der Waals surface area (Å²) in [6.07, 6.45) is 2.02. The molecule has 1 fully saturated rings. The van der Waals surface area contributed by atoms with Crippen LogP contribution in [0.1, 0.15) is 16.9 Å². The highest BCUT2D eigenvalue weighted by Crippen LogP contribution is 2.21. The summed E-state index contributed by atoms with van der Waals surface area (Å²) < 4.78 is 5.21. The van der Waals surface area contributed by atoms with E-state index in [1.165, 1.54) is 11.2 Å². The third kappa shape index (κ3) is 2.18. The number of hydrogen-bond donors (Lipinski definition) is 2. The molecule has 0 radical (unpaired) electrons. The first-order chi connectivity index (χ1) is 9.65. The smallest absolute Gasteiger partial charge is 0.308 e. The van der Waals surface area contributed by atoms with E-state index in [0.717, 1.165) is 0 Å². The molecule has 2 aromatic rings. The Kier molecular flexibility index (Phi) is 3.02. The number of hydrogen-bond acceptors (Lipinski definition) is 4. The van der Waals surface area contributed by atoms with Crippen LogP contribution >= 0.6 is 0 Å². The Morgan fingerprint density at radius 2 is 2.35 bits per heavy atom. The predicted molar refractivity (Wildman–Crippen MR) is 67.9 cm³/mol. The molecular weight excluding hydrogens is 262 g/mol. The van der Waals surface area contributed by atoms with Crippen molar-refractivity contribution in [3.8, 4) is 11.5 Å². The number of nitrogens with one attached hydrogen (secondary N) is 1. The van der Waals surface area contributed by atoms with Gasteiger partial charge in [-0.2, -0.15) is 5.10 Å². The van der Waals surface area contributed by atoms with Crippen LogP contribution in [0.2, 0.25) is 0 Å². The van der Waals surface area contributed by atoms with Gasteiger partial charge >= 0.3 is 5.97 Å². The summed E-state index contributed by atoms with van der Waals surface area (Å²) in [4.78, 5) is 24.6. The maximum atomic E-state index is 12.2. The fourth-order valence-electron chi connectivity index (χ4n) is 2.30. The Morgan fingerprint density at radius 3 is 3.00 bits per heavy atom. The van der Waals surface area contributed by atoms with Crippen molar-refractivity contribution in [1.82, 2.24) is 15.1 Å². The minimum absolute atomic E-state index is 0.233. The number of aromatic nitrogens is 2. The Bertz CT molecular complexity index is 632. The summed E-state index contributed by atoms with van der Waals surface area (Å²) in [6, 6.07) is 5.11. The summed E-state index contributed by atoms with van der Waals surface area (Å²) in [5, 5.41) is 15.6. The van der Waals surface area contributed by atoms with E-state index in [0.29, 0.717) is 24.4 Å². The second-order valence-corrected chi connectivity index (χ2v) is 4.72. The highest BCUT2D eigenvalue weighted by atomic mass is 16.4. The molecule has 1 aliphatic rings. The molecule has 0 aliphatic carbocycles. The lowest BCUT2D eigenvalue weighted by molar-refractivity contribution is -0.141. The third-order valence-corrected chi connectivity index (χ3v) is 3.41. The number of amides is 1. The summed E-state index contributed by atoms with van der Waals surface area (Å²) >= 11 is 0. The van der Waals surface area contributed by atoms with E-state index in [1.807, 2.05) is 0 Å². The van der Waals surface area contributed by atoms with Crippen molar-refractivity contribution in [3.63, 3.8) is 0 Å². The van der Waals surface area contributed by atoms with Crippen LogP contribution < -0.4 is 0 Å². The number of furan rings is 1. The largest absolute Gasteiger partial charge is 0.481 e. The first kappa shape index (κ1) is 12.5. The van der Waals surface area contributed by atoms with Crippen molar-refractivity contribution in [3.05, 3.63) is 30.2 Å². The maximum Gasteiger partial charge on any atom is 0.308 e. The lowest BCUT2D eigenvalue weighted by Gasteiger charge is -2.13. The van der Waals surface area contributed by atoms with Gasteiger partial charge in [0.2, 0.25) is 0 Å². The Labute approximate surface area is 114 Å². The molecule has 2 N–H and O–H groups in total. The minimum atomic E-state index is -0.862. The number of aliphatic carboxylic acids is 1. The Morgan fingerprint density at radius 1 is 1.50 bits per heavy atom. The zero-order valence-electron chi connectivity index (χ0n) is 10.6. The van der Waals surface area contributed by atoms with Gasteiger partial charge in [-0.3, -0.25) is 14.7 Å². The van der Waals surface area contributed by atoms with Gasteiger partial charge in [-0.15, -0.1) is 0 Å². The second kappa shape index (κ2) is 4.84. The number of nitrogens with zero attached hydrogens (tertiary/aromatic N) is 2. The molecule has 3 heterocycles. The van der Waals surface area contributed by atoms with Gasteiger partial charge in [0.15, 0.2) is 11.5 Å².